The van der Waals surface area contributed by atoms with Crippen molar-refractivity contribution in [3.63, 3.8) is 0 Å². The fourth-order valence-corrected chi connectivity index (χ4v) is 2.56. The van der Waals surface area contributed by atoms with Gasteiger partial charge in [0.25, 0.3) is 0 Å². The van der Waals surface area contributed by atoms with Crippen molar-refractivity contribution in [2.75, 3.05) is 6.61 Å². The Balaban J connectivity index is 2.19. The number of rotatable bonds is 0. The molecule has 1 aliphatic carbocycles. The topological polar surface area (TPSA) is 47.6 Å². The maximum absolute atomic E-state index is 5.69. The van der Waals surface area contributed by atoms with Crippen molar-refractivity contribution in [3.8, 4) is 0 Å². The molecule has 1 saturated carbocycles. The van der Waals surface area contributed by atoms with Crippen LogP contribution >= 0.6 is 0 Å². The molecule has 2 unspecified atom stereocenters. The predicted octanol–water partition coefficient (Wildman–Crippen LogP) is 1.14. The summed E-state index contributed by atoms with van der Waals surface area (Å²) < 4.78 is 5.69. The third-order valence-electron chi connectivity index (χ3n) is 3.18. The van der Waals surface area contributed by atoms with Gasteiger partial charge in [0.2, 0.25) is 0 Å². The summed E-state index contributed by atoms with van der Waals surface area (Å²) in [5, 5.41) is 3.87. The Morgan fingerprint density at radius 3 is 3.00 bits per heavy atom. The molecule has 1 heterocycles. The molecule has 2 fully saturated rings. The van der Waals surface area contributed by atoms with Crippen LogP contribution in [0.15, 0.2) is 5.10 Å². The number of nitrogens with two attached hydrogens (primary N) is 1. The summed E-state index contributed by atoms with van der Waals surface area (Å²) in [4.78, 5) is 0. The van der Waals surface area contributed by atoms with Crippen LogP contribution in [0.2, 0.25) is 0 Å². The minimum atomic E-state index is 0.0832. The molecule has 0 spiro atoms. The van der Waals surface area contributed by atoms with Gasteiger partial charge < -0.3 is 10.6 Å². The first-order chi connectivity index (χ1) is 5.68. The summed E-state index contributed by atoms with van der Waals surface area (Å²) in [6.45, 7) is 5.22. The van der Waals surface area contributed by atoms with Crippen molar-refractivity contribution in [2.45, 2.75) is 32.8 Å². The van der Waals surface area contributed by atoms with E-state index in [0.29, 0.717) is 12.0 Å². The van der Waals surface area contributed by atoms with Gasteiger partial charge in [-0.1, -0.05) is 13.8 Å². The second-order valence-electron chi connectivity index (χ2n) is 4.28. The highest BCUT2D eigenvalue weighted by molar-refractivity contribution is 5.98. The van der Waals surface area contributed by atoms with E-state index in [9.17, 15) is 0 Å². The first kappa shape index (κ1) is 8.05. The van der Waals surface area contributed by atoms with Crippen LogP contribution in [0.4, 0.5) is 0 Å². The average molecular weight is 168 g/mol. The molecular weight excluding hydrogens is 152 g/mol. The van der Waals surface area contributed by atoms with Crippen molar-refractivity contribution >= 4 is 5.71 Å². The molecule has 0 radical (unpaired) electrons. The van der Waals surface area contributed by atoms with Gasteiger partial charge in [-0.05, 0) is 12.8 Å². The zero-order valence-corrected chi connectivity index (χ0v) is 7.71. The lowest BCUT2D eigenvalue weighted by molar-refractivity contribution is -0.0848. The van der Waals surface area contributed by atoms with Gasteiger partial charge in [0.15, 0.2) is 0 Å². The Morgan fingerprint density at radius 1 is 1.58 bits per heavy atom. The van der Waals surface area contributed by atoms with Gasteiger partial charge in [0.1, 0.15) is 0 Å². The number of hydrogen-bond acceptors (Lipinski definition) is 3. The number of hydrazone groups is 1. The molecular formula is C9H16N2O. The molecule has 2 aliphatic rings. The van der Waals surface area contributed by atoms with E-state index in [1.54, 1.807) is 0 Å². The van der Waals surface area contributed by atoms with E-state index < -0.39 is 0 Å². The summed E-state index contributed by atoms with van der Waals surface area (Å²) in [7, 11) is 0. The SMILES string of the molecule is CC1(C)/C(=N/N)C2CCCOC21. The lowest BCUT2D eigenvalue weighted by Gasteiger charge is -2.53. The first-order valence-electron chi connectivity index (χ1n) is 4.58. The summed E-state index contributed by atoms with van der Waals surface area (Å²) >= 11 is 0. The zero-order valence-electron chi connectivity index (χ0n) is 7.71. The van der Waals surface area contributed by atoms with E-state index in [2.05, 4.69) is 18.9 Å². The second-order valence-corrected chi connectivity index (χ2v) is 4.28. The summed E-state index contributed by atoms with van der Waals surface area (Å²) in [5.74, 6) is 5.86. The molecule has 0 bridgehead atoms. The van der Waals surface area contributed by atoms with E-state index in [0.717, 1.165) is 18.7 Å². The Morgan fingerprint density at radius 2 is 2.33 bits per heavy atom. The molecule has 0 aromatic carbocycles. The fourth-order valence-electron chi connectivity index (χ4n) is 2.56. The van der Waals surface area contributed by atoms with E-state index in [1.807, 2.05) is 0 Å². The Labute approximate surface area is 73.0 Å². The molecule has 2 rings (SSSR count). The highest BCUT2D eigenvalue weighted by Crippen LogP contribution is 2.48. The number of hydrogen-bond donors (Lipinski definition) is 1. The number of ether oxygens (including phenoxy) is 1. The first-order valence-corrected chi connectivity index (χ1v) is 4.58. The van der Waals surface area contributed by atoms with Crippen LogP contribution < -0.4 is 5.84 Å². The Hall–Kier alpha value is -0.570. The molecule has 3 nitrogen and oxygen atoms in total. The summed E-state index contributed by atoms with van der Waals surface area (Å²) in [6.07, 6.45) is 2.72. The van der Waals surface area contributed by atoms with Crippen molar-refractivity contribution < 1.29 is 4.74 Å². The quantitative estimate of drug-likeness (QED) is 0.435. The van der Waals surface area contributed by atoms with E-state index >= 15 is 0 Å². The van der Waals surface area contributed by atoms with Crippen LogP contribution in [0.25, 0.3) is 0 Å². The molecule has 68 valence electrons. The normalized spacial score (nSPS) is 42.0. The summed E-state index contributed by atoms with van der Waals surface area (Å²) in [6, 6.07) is 0. The molecule has 2 N–H and O–H groups in total. The maximum Gasteiger partial charge on any atom is 0.0760 e. The van der Waals surface area contributed by atoms with Gasteiger partial charge in [-0.2, -0.15) is 5.10 Å². The highest BCUT2D eigenvalue weighted by atomic mass is 16.5. The van der Waals surface area contributed by atoms with Crippen LogP contribution in [0, 0.1) is 11.3 Å². The van der Waals surface area contributed by atoms with Crippen molar-refractivity contribution in [3.05, 3.63) is 0 Å². The zero-order chi connectivity index (χ0) is 8.77. The summed E-state index contributed by atoms with van der Waals surface area (Å²) in [5.41, 5.74) is 1.23. The molecule has 12 heavy (non-hydrogen) atoms. The largest absolute Gasteiger partial charge is 0.377 e. The van der Waals surface area contributed by atoms with Crippen LogP contribution in [0.5, 0.6) is 0 Å². The molecule has 0 aromatic heterocycles. The van der Waals surface area contributed by atoms with Crippen molar-refractivity contribution in [2.24, 2.45) is 22.3 Å². The van der Waals surface area contributed by atoms with Crippen LogP contribution in [-0.4, -0.2) is 18.4 Å². The van der Waals surface area contributed by atoms with Gasteiger partial charge in [-0.25, -0.2) is 0 Å². The van der Waals surface area contributed by atoms with E-state index in [1.165, 1.54) is 6.42 Å². The smallest absolute Gasteiger partial charge is 0.0760 e. The maximum atomic E-state index is 5.69. The molecule has 1 aliphatic heterocycles. The third-order valence-corrected chi connectivity index (χ3v) is 3.18. The van der Waals surface area contributed by atoms with Gasteiger partial charge >= 0.3 is 0 Å². The standard InChI is InChI=1S/C9H16N2O/c1-9(2)7(11-10)6-4-3-5-12-8(6)9/h6,8H,3-5,10H2,1-2H3/b11-7+. The fraction of sp³-hybridized carbons (Fsp3) is 0.889. The van der Waals surface area contributed by atoms with Gasteiger partial charge in [0, 0.05) is 17.9 Å². The second kappa shape index (κ2) is 2.46. The minimum Gasteiger partial charge on any atom is -0.377 e. The van der Waals surface area contributed by atoms with Gasteiger partial charge in [0.05, 0.1) is 11.8 Å². The number of fused-ring (bicyclic) bond motifs is 1. The lowest BCUT2D eigenvalue weighted by atomic mass is 9.57. The van der Waals surface area contributed by atoms with Crippen LogP contribution in [0.1, 0.15) is 26.7 Å². The highest BCUT2D eigenvalue weighted by Gasteiger charge is 2.55. The van der Waals surface area contributed by atoms with Gasteiger partial charge in [-0.15, -0.1) is 0 Å². The predicted molar refractivity (Wildman–Crippen MR) is 47.9 cm³/mol. The average Bonchev–Trinajstić information content (AvgIpc) is 2.05. The Kier molecular flexibility index (Phi) is 1.65. The molecule has 3 heteroatoms. The van der Waals surface area contributed by atoms with Crippen molar-refractivity contribution in [1.82, 2.24) is 0 Å². The van der Waals surface area contributed by atoms with Crippen LogP contribution in [0.3, 0.4) is 0 Å². The lowest BCUT2D eigenvalue weighted by Crippen LogP contribution is -2.61. The van der Waals surface area contributed by atoms with E-state index in [-0.39, 0.29) is 5.41 Å². The molecule has 2 atom stereocenters. The number of nitrogens with zero attached hydrogens (tertiary/aromatic N) is 1. The molecule has 1 saturated heterocycles. The Bertz CT molecular complexity index is 223. The monoisotopic (exact) mass is 168 g/mol. The molecule has 0 aromatic rings. The van der Waals surface area contributed by atoms with Gasteiger partial charge in [-0.3, -0.25) is 0 Å². The minimum absolute atomic E-state index is 0.0832. The van der Waals surface area contributed by atoms with Crippen LogP contribution in [-0.2, 0) is 4.74 Å². The van der Waals surface area contributed by atoms with Crippen molar-refractivity contribution in [1.29, 1.82) is 0 Å². The van der Waals surface area contributed by atoms with E-state index in [4.69, 9.17) is 10.6 Å². The molecule has 0 amide bonds. The third kappa shape index (κ3) is 0.829.